The van der Waals surface area contributed by atoms with E-state index >= 15 is 0 Å². The quantitative estimate of drug-likeness (QED) is 0.859. The summed E-state index contributed by atoms with van der Waals surface area (Å²) >= 11 is 4.31. The van der Waals surface area contributed by atoms with Gasteiger partial charge >= 0.3 is 0 Å². The summed E-state index contributed by atoms with van der Waals surface area (Å²) in [4.78, 5) is 0.313. The van der Waals surface area contributed by atoms with Gasteiger partial charge in [-0.25, -0.2) is 8.42 Å². The van der Waals surface area contributed by atoms with Gasteiger partial charge in [0.05, 0.1) is 11.5 Å². The number of rotatable bonds is 4. The Bertz CT molecular complexity index is 499. The van der Waals surface area contributed by atoms with Crippen molar-refractivity contribution < 1.29 is 13.2 Å². The van der Waals surface area contributed by atoms with Crippen LogP contribution in [0, 0.1) is 0 Å². The number of benzene rings is 1. The average molecular weight is 287 g/mol. The van der Waals surface area contributed by atoms with E-state index in [1.54, 1.807) is 24.3 Å². The fraction of sp³-hybridized carbons (Fsp3) is 0.500. The van der Waals surface area contributed by atoms with Crippen LogP contribution in [0.3, 0.4) is 0 Å². The molecule has 18 heavy (non-hydrogen) atoms. The van der Waals surface area contributed by atoms with Crippen LogP contribution in [0.4, 0.5) is 0 Å². The summed E-state index contributed by atoms with van der Waals surface area (Å²) in [5.41, 5.74) is 0. The first-order valence-electron chi connectivity index (χ1n) is 5.95. The van der Waals surface area contributed by atoms with Gasteiger partial charge in [0.2, 0.25) is 10.0 Å². The van der Waals surface area contributed by atoms with Gasteiger partial charge < -0.3 is 4.74 Å². The molecule has 0 aromatic heterocycles. The zero-order chi connectivity index (χ0) is 13.2. The lowest BCUT2D eigenvalue weighted by molar-refractivity contribution is 0.340. The maximum Gasteiger partial charge on any atom is 0.243 e. The Morgan fingerprint density at radius 3 is 2.56 bits per heavy atom. The Morgan fingerprint density at radius 2 is 2.06 bits per heavy atom. The Morgan fingerprint density at radius 1 is 1.39 bits per heavy atom. The van der Waals surface area contributed by atoms with Crippen LogP contribution in [0.5, 0.6) is 5.75 Å². The van der Waals surface area contributed by atoms with E-state index in [0.29, 0.717) is 30.3 Å². The molecule has 1 aliphatic rings. The SMILES string of the molecule is CCOc1ccc(S(=O)(=O)N2CCC(S)C2)cc1. The molecule has 1 aromatic carbocycles. The molecule has 0 amide bonds. The zero-order valence-electron chi connectivity index (χ0n) is 10.2. The molecule has 1 aliphatic heterocycles. The normalized spacial score (nSPS) is 21.1. The van der Waals surface area contributed by atoms with Crippen molar-refractivity contribution in [1.29, 1.82) is 0 Å². The minimum atomic E-state index is -3.37. The smallest absolute Gasteiger partial charge is 0.243 e. The second kappa shape index (κ2) is 5.50. The third-order valence-electron chi connectivity index (χ3n) is 2.90. The maximum atomic E-state index is 12.3. The van der Waals surface area contributed by atoms with E-state index in [2.05, 4.69) is 12.6 Å². The second-order valence-electron chi connectivity index (χ2n) is 4.21. The van der Waals surface area contributed by atoms with E-state index in [4.69, 9.17) is 4.74 Å². The minimum Gasteiger partial charge on any atom is -0.494 e. The fourth-order valence-corrected chi connectivity index (χ4v) is 3.88. The zero-order valence-corrected chi connectivity index (χ0v) is 12.0. The lowest BCUT2D eigenvalue weighted by Gasteiger charge is -2.16. The van der Waals surface area contributed by atoms with Crippen molar-refractivity contribution in [2.45, 2.75) is 23.5 Å². The van der Waals surface area contributed by atoms with Crippen molar-refractivity contribution in [2.75, 3.05) is 19.7 Å². The molecule has 1 unspecified atom stereocenters. The van der Waals surface area contributed by atoms with Gasteiger partial charge in [-0.05, 0) is 37.6 Å². The van der Waals surface area contributed by atoms with Gasteiger partial charge in [-0.15, -0.1) is 0 Å². The van der Waals surface area contributed by atoms with E-state index in [1.165, 1.54) is 4.31 Å². The number of hydrogen-bond donors (Lipinski definition) is 1. The molecule has 100 valence electrons. The van der Waals surface area contributed by atoms with Crippen LogP contribution in [0.15, 0.2) is 29.2 Å². The van der Waals surface area contributed by atoms with Gasteiger partial charge in [-0.2, -0.15) is 16.9 Å². The Labute approximate surface area is 113 Å². The Kier molecular flexibility index (Phi) is 4.19. The molecule has 1 heterocycles. The van der Waals surface area contributed by atoms with Gasteiger partial charge in [0.25, 0.3) is 0 Å². The number of thiol groups is 1. The molecule has 0 N–H and O–H groups in total. The molecular weight excluding hydrogens is 270 g/mol. The first-order chi connectivity index (χ1) is 8.54. The number of hydrogen-bond acceptors (Lipinski definition) is 4. The summed E-state index contributed by atoms with van der Waals surface area (Å²) in [5, 5.41) is 0.141. The third-order valence-corrected chi connectivity index (χ3v) is 5.20. The highest BCUT2D eigenvalue weighted by Crippen LogP contribution is 2.24. The molecule has 0 saturated carbocycles. The molecule has 2 rings (SSSR count). The Balaban J connectivity index is 2.19. The van der Waals surface area contributed by atoms with Crippen LogP contribution in [-0.2, 0) is 10.0 Å². The summed E-state index contributed by atoms with van der Waals surface area (Å²) in [6.45, 7) is 3.49. The van der Waals surface area contributed by atoms with Crippen molar-refractivity contribution >= 4 is 22.7 Å². The highest BCUT2D eigenvalue weighted by molar-refractivity contribution is 7.89. The molecule has 0 radical (unpaired) electrons. The molecule has 1 saturated heterocycles. The molecule has 1 aromatic rings. The van der Waals surface area contributed by atoms with Crippen LogP contribution in [0.25, 0.3) is 0 Å². The third kappa shape index (κ3) is 2.81. The van der Waals surface area contributed by atoms with E-state index in [0.717, 1.165) is 6.42 Å². The summed E-state index contributed by atoms with van der Waals surface area (Å²) in [6.07, 6.45) is 0.805. The lowest BCUT2D eigenvalue weighted by Crippen LogP contribution is -2.28. The van der Waals surface area contributed by atoms with Crippen molar-refractivity contribution in [3.63, 3.8) is 0 Å². The summed E-state index contributed by atoms with van der Waals surface area (Å²) < 4.78 is 31.4. The Hall–Kier alpha value is -0.720. The fourth-order valence-electron chi connectivity index (χ4n) is 1.95. The van der Waals surface area contributed by atoms with Crippen LogP contribution < -0.4 is 4.74 Å². The van der Waals surface area contributed by atoms with E-state index in [-0.39, 0.29) is 5.25 Å². The van der Waals surface area contributed by atoms with Gasteiger partial charge in [-0.3, -0.25) is 0 Å². The predicted octanol–water partition coefficient (Wildman–Crippen LogP) is 1.78. The number of sulfonamides is 1. The first-order valence-corrected chi connectivity index (χ1v) is 7.90. The van der Waals surface area contributed by atoms with Gasteiger partial charge in [0.15, 0.2) is 0 Å². The largest absolute Gasteiger partial charge is 0.494 e. The van der Waals surface area contributed by atoms with Crippen molar-refractivity contribution in [2.24, 2.45) is 0 Å². The molecule has 1 atom stereocenters. The number of ether oxygens (including phenoxy) is 1. The molecule has 4 nitrogen and oxygen atoms in total. The van der Waals surface area contributed by atoms with E-state index in [1.807, 2.05) is 6.92 Å². The summed E-state index contributed by atoms with van der Waals surface area (Å²) in [7, 11) is -3.37. The lowest BCUT2D eigenvalue weighted by atomic mass is 10.3. The molecule has 0 spiro atoms. The topological polar surface area (TPSA) is 46.6 Å². The van der Waals surface area contributed by atoms with E-state index < -0.39 is 10.0 Å². The van der Waals surface area contributed by atoms with Crippen LogP contribution in [0.2, 0.25) is 0 Å². The van der Waals surface area contributed by atoms with Crippen LogP contribution in [-0.4, -0.2) is 37.7 Å². The van der Waals surface area contributed by atoms with Crippen molar-refractivity contribution in [3.05, 3.63) is 24.3 Å². The summed E-state index contributed by atoms with van der Waals surface area (Å²) in [6, 6.07) is 6.55. The molecule has 1 fully saturated rings. The standard InChI is InChI=1S/C12H17NO3S2/c1-2-16-10-3-5-12(6-4-10)18(14,15)13-8-7-11(17)9-13/h3-6,11,17H,2,7-9H2,1H3. The molecule has 0 bridgehead atoms. The predicted molar refractivity (Wildman–Crippen MR) is 73.8 cm³/mol. The van der Waals surface area contributed by atoms with Crippen molar-refractivity contribution in [3.8, 4) is 5.75 Å². The first kappa shape index (κ1) is 13.7. The van der Waals surface area contributed by atoms with Gasteiger partial charge in [0.1, 0.15) is 5.75 Å². The monoisotopic (exact) mass is 287 g/mol. The van der Waals surface area contributed by atoms with E-state index in [9.17, 15) is 8.42 Å². The van der Waals surface area contributed by atoms with Gasteiger partial charge in [-0.1, -0.05) is 0 Å². The molecular formula is C12H17NO3S2. The average Bonchev–Trinajstić information content (AvgIpc) is 2.78. The summed E-state index contributed by atoms with van der Waals surface area (Å²) in [5.74, 6) is 0.685. The number of nitrogens with zero attached hydrogens (tertiary/aromatic N) is 1. The van der Waals surface area contributed by atoms with Crippen LogP contribution >= 0.6 is 12.6 Å². The molecule has 0 aliphatic carbocycles. The van der Waals surface area contributed by atoms with Crippen molar-refractivity contribution in [1.82, 2.24) is 4.31 Å². The van der Waals surface area contributed by atoms with Gasteiger partial charge in [0, 0.05) is 18.3 Å². The maximum absolute atomic E-state index is 12.3. The highest BCUT2D eigenvalue weighted by atomic mass is 32.2. The highest BCUT2D eigenvalue weighted by Gasteiger charge is 2.30. The van der Waals surface area contributed by atoms with Crippen LogP contribution in [0.1, 0.15) is 13.3 Å². The molecule has 6 heteroatoms. The minimum absolute atomic E-state index is 0.141. The second-order valence-corrected chi connectivity index (χ2v) is 6.88.